The Hall–Kier alpha value is -1.86. The van der Waals surface area contributed by atoms with Gasteiger partial charge in [0, 0.05) is 25.8 Å². The molecule has 8 heteroatoms. The monoisotopic (exact) mass is 311 g/mol. The first-order chi connectivity index (χ1) is 9.75. The van der Waals surface area contributed by atoms with E-state index in [-0.39, 0.29) is 30.5 Å². The fraction of sp³-hybridized carbons (Fsp3) is 0.462. The van der Waals surface area contributed by atoms with Crippen molar-refractivity contribution in [3.63, 3.8) is 0 Å². The molecule has 3 heterocycles. The molecule has 2 aromatic rings. The van der Waals surface area contributed by atoms with E-state index in [2.05, 4.69) is 10.4 Å². The average Bonchev–Trinajstić information content (AvgIpc) is 2.67. The molecule has 21 heavy (non-hydrogen) atoms. The summed E-state index contributed by atoms with van der Waals surface area (Å²) in [6.07, 6.45) is 2.59. The van der Waals surface area contributed by atoms with Crippen molar-refractivity contribution in [3.8, 4) is 0 Å². The summed E-state index contributed by atoms with van der Waals surface area (Å²) in [4.78, 5) is 26.1. The first kappa shape index (κ1) is 15.5. The van der Waals surface area contributed by atoms with Gasteiger partial charge >= 0.3 is 5.69 Å². The van der Waals surface area contributed by atoms with E-state index in [4.69, 9.17) is 0 Å². The number of carbonyl (C=O) groups excluding carboxylic acids is 1. The number of hydrogen-bond acceptors (Lipinski definition) is 4. The van der Waals surface area contributed by atoms with E-state index >= 15 is 0 Å². The number of hydrogen-bond donors (Lipinski definition) is 1. The molecule has 1 N–H and O–H groups in total. The predicted molar refractivity (Wildman–Crippen MR) is 80.8 cm³/mol. The Labute approximate surface area is 128 Å². The molecule has 1 aliphatic heterocycles. The molecule has 0 spiro atoms. The summed E-state index contributed by atoms with van der Waals surface area (Å²) >= 11 is 0. The Morgan fingerprint density at radius 3 is 2.95 bits per heavy atom. The van der Waals surface area contributed by atoms with Crippen molar-refractivity contribution in [3.05, 3.63) is 34.9 Å². The minimum atomic E-state index is -0.276. The zero-order chi connectivity index (χ0) is 13.9. The Morgan fingerprint density at radius 2 is 2.14 bits per heavy atom. The lowest BCUT2D eigenvalue weighted by atomic mass is 10.4. The quantitative estimate of drug-likeness (QED) is 0.829. The summed E-state index contributed by atoms with van der Waals surface area (Å²) in [5.74, 6) is -0.0563. The topological polar surface area (TPSA) is 71.6 Å². The molecule has 0 unspecified atom stereocenters. The lowest BCUT2D eigenvalue weighted by Crippen LogP contribution is -2.38. The maximum absolute atomic E-state index is 12.2. The van der Waals surface area contributed by atoms with Crippen LogP contribution < -0.4 is 11.0 Å². The van der Waals surface area contributed by atoms with Gasteiger partial charge in [0.2, 0.25) is 5.91 Å². The third kappa shape index (κ3) is 3.25. The zero-order valence-electron chi connectivity index (χ0n) is 11.6. The lowest BCUT2D eigenvalue weighted by molar-refractivity contribution is -0.131. The molecular weight excluding hydrogens is 294 g/mol. The molecule has 114 valence electrons. The summed E-state index contributed by atoms with van der Waals surface area (Å²) in [5, 5.41) is 7.42. The van der Waals surface area contributed by atoms with Gasteiger partial charge in [-0.2, -0.15) is 0 Å². The van der Waals surface area contributed by atoms with Gasteiger partial charge in [0.15, 0.2) is 5.65 Å². The van der Waals surface area contributed by atoms with Crippen molar-refractivity contribution in [2.75, 3.05) is 26.2 Å². The van der Waals surface area contributed by atoms with Gasteiger partial charge in [0.25, 0.3) is 0 Å². The highest BCUT2D eigenvalue weighted by molar-refractivity contribution is 5.85. The molecule has 1 amide bonds. The number of nitrogens with zero attached hydrogens (tertiary/aromatic N) is 4. The maximum Gasteiger partial charge on any atom is 0.350 e. The summed E-state index contributed by atoms with van der Waals surface area (Å²) < 4.78 is 2.67. The van der Waals surface area contributed by atoms with Crippen molar-refractivity contribution in [1.82, 2.24) is 24.4 Å². The van der Waals surface area contributed by atoms with Gasteiger partial charge in [0.1, 0.15) is 6.54 Å². The lowest BCUT2D eigenvalue weighted by Gasteiger charge is -2.19. The summed E-state index contributed by atoms with van der Waals surface area (Å²) in [5.41, 5.74) is 0.282. The Balaban J connectivity index is 0.00000161. The number of amides is 1. The smallest absolute Gasteiger partial charge is 0.340 e. The van der Waals surface area contributed by atoms with Crippen LogP contribution in [0.15, 0.2) is 29.2 Å². The fourth-order valence-corrected chi connectivity index (χ4v) is 2.39. The van der Waals surface area contributed by atoms with Crippen LogP contribution in [0.5, 0.6) is 0 Å². The van der Waals surface area contributed by atoms with Crippen LogP contribution in [0.1, 0.15) is 6.42 Å². The maximum atomic E-state index is 12.2. The molecule has 0 atom stereocenters. The van der Waals surface area contributed by atoms with Crippen molar-refractivity contribution in [2.45, 2.75) is 13.0 Å². The van der Waals surface area contributed by atoms with E-state index in [1.807, 2.05) is 6.07 Å². The van der Waals surface area contributed by atoms with Gasteiger partial charge in [-0.05, 0) is 25.1 Å². The highest BCUT2D eigenvalue weighted by Crippen LogP contribution is 1.99. The Kier molecular flexibility index (Phi) is 4.98. The number of rotatable bonds is 2. The van der Waals surface area contributed by atoms with Gasteiger partial charge in [-0.15, -0.1) is 17.5 Å². The highest BCUT2D eigenvalue weighted by atomic mass is 35.5. The average molecular weight is 312 g/mol. The summed E-state index contributed by atoms with van der Waals surface area (Å²) in [7, 11) is 0. The van der Waals surface area contributed by atoms with Crippen molar-refractivity contribution >= 4 is 24.0 Å². The van der Waals surface area contributed by atoms with Gasteiger partial charge in [-0.25, -0.2) is 9.48 Å². The minimum absolute atomic E-state index is 0. The SMILES string of the molecule is Cl.O=C(Cn1nc2ccccn2c1=O)N1CCCNCC1. The third-order valence-corrected chi connectivity index (χ3v) is 3.47. The molecule has 0 aliphatic carbocycles. The minimum Gasteiger partial charge on any atom is -0.340 e. The normalized spacial score (nSPS) is 15.5. The second-order valence-electron chi connectivity index (χ2n) is 4.85. The molecule has 0 bridgehead atoms. The fourth-order valence-electron chi connectivity index (χ4n) is 2.39. The molecular formula is C13H18ClN5O2. The van der Waals surface area contributed by atoms with Crippen molar-refractivity contribution in [2.24, 2.45) is 0 Å². The van der Waals surface area contributed by atoms with Gasteiger partial charge in [0.05, 0.1) is 0 Å². The van der Waals surface area contributed by atoms with E-state index in [1.165, 1.54) is 9.08 Å². The van der Waals surface area contributed by atoms with Gasteiger partial charge < -0.3 is 10.2 Å². The van der Waals surface area contributed by atoms with Crippen LogP contribution in [0.25, 0.3) is 5.65 Å². The van der Waals surface area contributed by atoms with Crippen LogP contribution >= 0.6 is 12.4 Å². The molecule has 1 aliphatic rings. The second-order valence-corrected chi connectivity index (χ2v) is 4.85. The number of nitrogens with one attached hydrogen (secondary N) is 1. The first-order valence-electron chi connectivity index (χ1n) is 6.78. The second kappa shape index (κ2) is 6.73. The van der Waals surface area contributed by atoms with Crippen LogP contribution in [0.2, 0.25) is 0 Å². The molecule has 0 radical (unpaired) electrons. The van der Waals surface area contributed by atoms with E-state index in [9.17, 15) is 9.59 Å². The number of pyridine rings is 1. The molecule has 0 aromatic carbocycles. The molecule has 1 saturated heterocycles. The molecule has 3 rings (SSSR count). The Morgan fingerprint density at radius 1 is 1.29 bits per heavy atom. The molecule has 2 aromatic heterocycles. The van der Waals surface area contributed by atoms with Crippen molar-refractivity contribution in [1.29, 1.82) is 0 Å². The third-order valence-electron chi connectivity index (χ3n) is 3.47. The van der Waals surface area contributed by atoms with E-state index in [1.54, 1.807) is 23.2 Å². The molecule has 7 nitrogen and oxygen atoms in total. The van der Waals surface area contributed by atoms with Gasteiger partial charge in [-0.3, -0.25) is 9.20 Å². The van der Waals surface area contributed by atoms with Crippen LogP contribution in [0.3, 0.4) is 0 Å². The number of aromatic nitrogens is 3. The molecule has 0 saturated carbocycles. The van der Waals surface area contributed by atoms with Crippen molar-refractivity contribution < 1.29 is 4.79 Å². The number of fused-ring (bicyclic) bond motifs is 1. The first-order valence-corrected chi connectivity index (χ1v) is 6.78. The van der Waals surface area contributed by atoms with Crippen LogP contribution in [-0.2, 0) is 11.3 Å². The summed E-state index contributed by atoms with van der Waals surface area (Å²) in [6.45, 7) is 3.14. The largest absolute Gasteiger partial charge is 0.350 e. The highest BCUT2D eigenvalue weighted by Gasteiger charge is 2.17. The zero-order valence-corrected chi connectivity index (χ0v) is 12.4. The standard InChI is InChI=1S/C13H17N5O2.ClH/c19-12(16-7-3-5-14-6-9-16)10-18-13(20)17-8-2-1-4-11(17)15-18;/h1-2,4,8,14H,3,5-7,9-10H2;1H. The molecule has 1 fully saturated rings. The van der Waals surface area contributed by atoms with E-state index < -0.39 is 0 Å². The predicted octanol–water partition coefficient (Wildman–Crippen LogP) is -0.260. The van der Waals surface area contributed by atoms with Gasteiger partial charge in [-0.1, -0.05) is 6.07 Å². The van der Waals surface area contributed by atoms with Crippen LogP contribution in [-0.4, -0.2) is 51.2 Å². The Bertz CT molecular complexity index is 672. The van der Waals surface area contributed by atoms with E-state index in [0.717, 1.165) is 26.1 Å². The summed E-state index contributed by atoms with van der Waals surface area (Å²) in [6, 6.07) is 5.33. The van der Waals surface area contributed by atoms with Crippen LogP contribution in [0.4, 0.5) is 0 Å². The van der Waals surface area contributed by atoms with Crippen LogP contribution in [0, 0.1) is 0 Å². The number of carbonyl (C=O) groups is 1. The number of halogens is 1. The van der Waals surface area contributed by atoms with E-state index in [0.29, 0.717) is 12.2 Å².